The molecule has 0 fully saturated rings. The third-order valence-corrected chi connectivity index (χ3v) is 4.25. The summed E-state index contributed by atoms with van der Waals surface area (Å²) >= 11 is 0. The predicted molar refractivity (Wildman–Crippen MR) is 94.1 cm³/mol. The zero-order chi connectivity index (χ0) is 17.3. The summed E-state index contributed by atoms with van der Waals surface area (Å²) in [6.07, 6.45) is 4.59. The molecule has 0 aliphatic rings. The van der Waals surface area contributed by atoms with Crippen molar-refractivity contribution >= 4 is 33.0 Å². The van der Waals surface area contributed by atoms with Gasteiger partial charge in [-0.25, -0.2) is 4.98 Å². The van der Waals surface area contributed by atoms with Gasteiger partial charge in [-0.05, 0) is 18.2 Å². The molecule has 2 heterocycles. The van der Waals surface area contributed by atoms with Gasteiger partial charge in [0, 0.05) is 29.5 Å². The van der Waals surface area contributed by atoms with E-state index >= 15 is 0 Å². The number of hydrogen-bond donors (Lipinski definition) is 1. The van der Waals surface area contributed by atoms with Crippen LogP contribution in [0.15, 0.2) is 43.0 Å². The number of fused-ring (bicyclic) bond motifs is 3. The minimum absolute atomic E-state index is 0.124. The highest BCUT2D eigenvalue weighted by Gasteiger charge is 2.16. The van der Waals surface area contributed by atoms with Crippen molar-refractivity contribution in [2.75, 3.05) is 6.26 Å². The number of aromatic nitrogens is 2. The second kappa shape index (κ2) is 6.18. The van der Waals surface area contributed by atoms with Crippen LogP contribution < -0.4 is 0 Å². The van der Waals surface area contributed by atoms with Crippen LogP contribution in [0.4, 0.5) is 0 Å². The van der Waals surface area contributed by atoms with E-state index in [0.717, 1.165) is 23.0 Å². The van der Waals surface area contributed by atoms with Gasteiger partial charge in [0.1, 0.15) is 5.65 Å². The van der Waals surface area contributed by atoms with E-state index in [1.807, 2.05) is 28.7 Å². The summed E-state index contributed by atoms with van der Waals surface area (Å²) in [4.78, 5) is 4.61. The molecule has 0 unspecified atom stereocenters. The quantitative estimate of drug-likeness (QED) is 0.424. The SMILES string of the molecule is C=CCc1c(C=N)cc(COS(C)(=O)=O)c2nc3ccccc3n12. The van der Waals surface area contributed by atoms with Crippen LogP contribution in [0.3, 0.4) is 0 Å². The molecule has 7 heteroatoms. The molecule has 6 nitrogen and oxygen atoms in total. The molecule has 0 bridgehead atoms. The number of pyridine rings is 1. The van der Waals surface area contributed by atoms with Crippen LogP contribution >= 0.6 is 0 Å². The zero-order valence-electron chi connectivity index (χ0n) is 13.2. The number of imidazole rings is 1. The topological polar surface area (TPSA) is 84.5 Å². The molecule has 0 saturated heterocycles. The Morgan fingerprint density at radius 3 is 2.79 bits per heavy atom. The Hall–Kier alpha value is -2.51. The highest BCUT2D eigenvalue weighted by atomic mass is 32.2. The highest BCUT2D eigenvalue weighted by Crippen LogP contribution is 2.25. The molecule has 3 rings (SSSR count). The summed E-state index contributed by atoms with van der Waals surface area (Å²) in [6, 6.07) is 9.39. The third-order valence-electron chi connectivity index (χ3n) is 3.70. The van der Waals surface area contributed by atoms with Crippen LogP contribution in [0.1, 0.15) is 16.8 Å². The Morgan fingerprint density at radius 2 is 2.12 bits per heavy atom. The smallest absolute Gasteiger partial charge is 0.264 e. The standard InChI is InChI=1S/C17H17N3O3S/c1-3-6-15-12(10-18)9-13(11-23-24(2,21)22)17-19-14-7-4-5-8-16(14)20(15)17/h3-5,7-10,18H,1,6,11H2,2H3. The van der Waals surface area contributed by atoms with Gasteiger partial charge in [0.25, 0.3) is 10.1 Å². The fourth-order valence-electron chi connectivity index (χ4n) is 2.73. The van der Waals surface area contributed by atoms with Gasteiger partial charge in [0.15, 0.2) is 0 Å². The van der Waals surface area contributed by atoms with Crippen molar-refractivity contribution in [3.63, 3.8) is 0 Å². The van der Waals surface area contributed by atoms with E-state index in [1.54, 1.807) is 12.1 Å². The van der Waals surface area contributed by atoms with Crippen LogP contribution in [-0.4, -0.2) is 30.3 Å². The van der Waals surface area contributed by atoms with E-state index in [-0.39, 0.29) is 6.61 Å². The maximum Gasteiger partial charge on any atom is 0.264 e. The van der Waals surface area contributed by atoms with Crippen LogP contribution in [0.25, 0.3) is 16.7 Å². The Morgan fingerprint density at radius 1 is 1.38 bits per heavy atom. The third kappa shape index (κ3) is 2.95. The molecule has 124 valence electrons. The second-order valence-corrected chi connectivity index (χ2v) is 7.08. The first-order valence-corrected chi connectivity index (χ1v) is 9.14. The Kier molecular flexibility index (Phi) is 4.21. The molecule has 1 aromatic carbocycles. The molecule has 3 aromatic rings. The molecule has 24 heavy (non-hydrogen) atoms. The van der Waals surface area contributed by atoms with Crippen molar-refractivity contribution in [3.8, 4) is 0 Å². The lowest BCUT2D eigenvalue weighted by Crippen LogP contribution is -2.08. The first-order chi connectivity index (χ1) is 11.4. The molecule has 0 aliphatic heterocycles. The molecule has 2 aromatic heterocycles. The van der Waals surface area contributed by atoms with Crippen LogP contribution in [0, 0.1) is 5.41 Å². The van der Waals surface area contributed by atoms with E-state index in [0.29, 0.717) is 23.2 Å². The molecule has 1 N–H and O–H groups in total. The van der Waals surface area contributed by atoms with Crippen molar-refractivity contribution in [2.24, 2.45) is 0 Å². The summed E-state index contributed by atoms with van der Waals surface area (Å²) in [5.74, 6) is 0. The van der Waals surface area contributed by atoms with Crippen LogP contribution in [0.2, 0.25) is 0 Å². The Balaban J connectivity index is 2.34. The van der Waals surface area contributed by atoms with Crippen molar-refractivity contribution in [1.82, 2.24) is 9.38 Å². The lowest BCUT2D eigenvalue weighted by Gasteiger charge is -2.12. The average Bonchev–Trinajstić information content (AvgIpc) is 2.93. The van der Waals surface area contributed by atoms with E-state index in [1.165, 1.54) is 6.21 Å². The minimum atomic E-state index is -3.57. The van der Waals surface area contributed by atoms with Crippen LogP contribution in [-0.2, 0) is 27.3 Å². The maximum absolute atomic E-state index is 11.3. The predicted octanol–water partition coefficient (Wildman–Crippen LogP) is 2.69. The van der Waals surface area contributed by atoms with Crippen molar-refractivity contribution < 1.29 is 12.6 Å². The Bertz CT molecular complexity index is 1050. The maximum atomic E-state index is 11.3. The Labute approximate surface area is 140 Å². The van der Waals surface area contributed by atoms with Gasteiger partial charge in [0.05, 0.1) is 23.9 Å². The number of nitrogens with zero attached hydrogens (tertiary/aromatic N) is 2. The van der Waals surface area contributed by atoms with Gasteiger partial charge < -0.3 is 5.41 Å². The van der Waals surface area contributed by atoms with Crippen LogP contribution in [0.5, 0.6) is 0 Å². The van der Waals surface area contributed by atoms with Gasteiger partial charge in [-0.1, -0.05) is 18.2 Å². The zero-order valence-corrected chi connectivity index (χ0v) is 14.0. The monoisotopic (exact) mass is 343 g/mol. The van der Waals surface area contributed by atoms with E-state index in [2.05, 4.69) is 11.6 Å². The number of para-hydroxylation sites is 2. The van der Waals surface area contributed by atoms with Gasteiger partial charge in [-0.15, -0.1) is 6.58 Å². The largest absolute Gasteiger partial charge is 0.308 e. The first kappa shape index (κ1) is 16.4. The second-order valence-electron chi connectivity index (χ2n) is 5.43. The molecular formula is C17H17N3O3S. The summed E-state index contributed by atoms with van der Waals surface area (Å²) in [5, 5.41) is 7.70. The van der Waals surface area contributed by atoms with E-state index in [4.69, 9.17) is 9.59 Å². The number of rotatable bonds is 6. The normalized spacial score (nSPS) is 11.9. The minimum Gasteiger partial charge on any atom is -0.308 e. The van der Waals surface area contributed by atoms with Crippen molar-refractivity contribution in [2.45, 2.75) is 13.0 Å². The first-order valence-electron chi connectivity index (χ1n) is 7.32. The lowest BCUT2D eigenvalue weighted by molar-refractivity contribution is 0.312. The number of allylic oxidation sites excluding steroid dienone is 1. The molecule has 0 spiro atoms. The highest BCUT2D eigenvalue weighted by molar-refractivity contribution is 7.85. The average molecular weight is 343 g/mol. The van der Waals surface area contributed by atoms with E-state index < -0.39 is 10.1 Å². The molecule has 0 saturated carbocycles. The van der Waals surface area contributed by atoms with Gasteiger partial charge in [-0.2, -0.15) is 8.42 Å². The molecule has 0 radical (unpaired) electrons. The summed E-state index contributed by atoms with van der Waals surface area (Å²) in [6.45, 7) is 3.66. The molecule has 0 aliphatic carbocycles. The number of hydrogen-bond acceptors (Lipinski definition) is 5. The number of benzene rings is 1. The summed E-state index contributed by atoms with van der Waals surface area (Å²) in [5.41, 5.74) is 4.49. The molecule has 0 amide bonds. The fourth-order valence-corrected chi connectivity index (χ4v) is 3.07. The number of nitrogens with one attached hydrogen (secondary N) is 1. The fraction of sp³-hybridized carbons (Fsp3) is 0.176. The summed E-state index contributed by atoms with van der Waals surface area (Å²) in [7, 11) is -3.57. The summed E-state index contributed by atoms with van der Waals surface area (Å²) < 4.78 is 29.5. The molecule has 0 atom stereocenters. The lowest BCUT2D eigenvalue weighted by atomic mass is 10.1. The van der Waals surface area contributed by atoms with Gasteiger partial charge >= 0.3 is 0 Å². The van der Waals surface area contributed by atoms with Gasteiger partial charge in [-0.3, -0.25) is 8.58 Å². The van der Waals surface area contributed by atoms with E-state index in [9.17, 15) is 8.42 Å². The van der Waals surface area contributed by atoms with Crippen molar-refractivity contribution in [1.29, 1.82) is 5.41 Å². The van der Waals surface area contributed by atoms with Gasteiger partial charge in [0.2, 0.25) is 0 Å². The molecular weight excluding hydrogens is 326 g/mol. The van der Waals surface area contributed by atoms with Crippen molar-refractivity contribution in [3.05, 3.63) is 59.8 Å².